The van der Waals surface area contributed by atoms with Crippen molar-refractivity contribution in [1.29, 1.82) is 0 Å². The Labute approximate surface area is 183 Å². The number of amides is 1. The number of anilines is 2. The average molecular weight is 438 g/mol. The molecule has 0 aliphatic rings. The predicted octanol–water partition coefficient (Wildman–Crippen LogP) is 6.46. The zero-order valence-corrected chi connectivity index (χ0v) is 18.1. The summed E-state index contributed by atoms with van der Waals surface area (Å²) in [7, 11) is 0. The summed E-state index contributed by atoms with van der Waals surface area (Å²) in [5.74, 6) is 0.733. The highest BCUT2D eigenvalue weighted by Gasteiger charge is 2.23. The summed E-state index contributed by atoms with van der Waals surface area (Å²) >= 11 is 7.63. The average Bonchev–Trinajstić information content (AvgIpc) is 3.37. The minimum Gasteiger partial charge on any atom is -0.459 e. The van der Waals surface area contributed by atoms with Crippen LogP contribution < -0.4 is 10.6 Å². The van der Waals surface area contributed by atoms with E-state index < -0.39 is 0 Å². The molecule has 4 rings (SSSR count). The van der Waals surface area contributed by atoms with Crippen LogP contribution in [0.2, 0.25) is 5.02 Å². The number of carbonyl (C=O) groups excluding carboxylic acids is 1. The van der Waals surface area contributed by atoms with Gasteiger partial charge in [0.25, 0.3) is 5.91 Å². The van der Waals surface area contributed by atoms with Crippen LogP contribution in [0.5, 0.6) is 0 Å². The standard InChI is InChI=1S/C23H20ClN3O2S/c1-14-5-3-7-20(25-14)26-21(16-8-10-17(24)11-9-16)18-13-15(2)30-23(18)27-22(28)19-6-4-12-29-19/h3-13,21H,1-2H3,(H,25,26)(H,27,28)/t21-/m0/s1. The first-order chi connectivity index (χ1) is 14.5. The maximum atomic E-state index is 12.6. The molecule has 7 heteroatoms. The first kappa shape index (κ1) is 20.2. The van der Waals surface area contributed by atoms with E-state index in [2.05, 4.69) is 21.7 Å². The third kappa shape index (κ3) is 4.56. The van der Waals surface area contributed by atoms with Gasteiger partial charge in [0.05, 0.1) is 12.3 Å². The monoisotopic (exact) mass is 437 g/mol. The summed E-state index contributed by atoms with van der Waals surface area (Å²) in [6, 6.07) is 18.7. The van der Waals surface area contributed by atoms with E-state index in [-0.39, 0.29) is 17.7 Å². The molecule has 0 radical (unpaired) electrons. The number of pyridine rings is 1. The highest BCUT2D eigenvalue weighted by molar-refractivity contribution is 7.16. The molecule has 3 aromatic heterocycles. The molecule has 0 spiro atoms. The molecule has 0 bridgehead atoms. The molecule has 0 saturated carbocycles. The predicted molar refractivity (Wildman–Crippen MR) is 122 cm³/mol. The van der Waals surface area contributed by atoms with E-state index >= 15 is 0 Å². The van der Waals surface area contributed by atoms with Crippen molar-refractivity contribution in [2.24, 2.45) is 0 Å². The number of benzene rings is 1. The summed E-state index contributed by atoms with van der Waals surface area (Å²) in [5.41, 5.74) is 2.87. The zero-order valence-electron chi connectivity index (χ0n) is 16.5. The summed E-state index contributed by atoms with van der Waals surface area (Å²) in [6.45, 7) is 3.97. The first-order valence-corrected chi connectivity index (χ1v) is 10.6. The molecular weight excluding hydrogens is 418 g/mol. The number of rotatable bonds is 6. The fraction of sp³-hybridized carbons (Fsp3) is 0.130. The van der Waals surface area contributed by atoms with Gasteiger partial charge >= 0.3 is 0 Å². The first-order valence-electron chi connectivity index (χ1n) is 9.40. The van der Waals surface area contributed by atoms with Crippen molar-refractivity contribution in [1.82, 2.24) is 4.98 Å². The second kappa shape index (κ2) is 8.73. The summed E-state index contributed by atoms with van der Waals surface area (Å²) in [6.07, 6.45) is 1.48. The number of nitrogens with one attached hydrogen (secondary N) is 2. The lowest BCUT2D eigenvalue weighted by atomic mass is 10.00. The van der Waals surface area contributed by atoms with E-state index in [9.17, 15) is 4.79 Å². The smallest absolute Gasteiger partial charge is 0.291 e. The number of aromatic nitrogens is 1. The van der Waals surface area contributed by atoms with Crippen molar-refractivity contribution in [3.63, 3.8) is 0 Å². The van der Waals surface area contributed by atoms with Gasteiger partial charge in [0, 0.05) is 21.2 Å². The number of furan rings is 1. The van der Waals surface area contributed by atoms with Crippen molar-refractivity contribution in [2.75, 3.05) is 10.6 Å². The lowest BCUT2D eigenvalue weighted by molar-refractivity contribution is 0.0997. The van der Waals surface area contributed by atoms with Crippen molar-refractivity contribution in [3.8, 4) is 0 Å². The molecular formula is C23H20ClN3O2S. The van der Waals surface area contributed by atoms with Crippen LogP contribution in [0.1, 0.15) is 38.3 Å². The SMILES string of the molecule is Cc1cccc(N[C@@H](c2ccc(Cl)cc2)c2cc(C)sc2NC(=O)c2ccco2)n1. The van der Waals surface area contributed by atoms with E-state index in [1.807, 2.05) is 56.3 Å². The Balaban J connectivity index is 1.73. The number of halogens is 1. The van der Waals surface area contributed by atoms with Crippen molar-refractivity contribution >= 4 is 39.7 Å². The van der Waals surface area contributed by atoms with Gasteiger partial charge in [0.15, 0.2) is 5.76 Å². The van der Waals surface area contributed by atoms with E-state index in [4.69, 9.17) is 16.0 Å². The summed E-state index contributed by atoms with van der Waals surface area (Å²) in [4.78, 5) is 18.3. The normalized spacial score (nSPS) is 11.8. The van der Waals surface area contributed by atoms with E-state index in [0.717, 1.165) is 32.5 Å². The van der Waals surface area contributed by atoms with Crippen molar-refractivity contribution in [3.05, 3.63) is 99.4 Å². The Morgan fingerprint density at radius 3 is 2.60 bits per heavy atom. The van der Waals surface area contributed by atoms with Gasteiger partial charge in [-0.3, -0.25) is 4.79 Å². The molecule has 1 aromatic carbocycles. The van der Waals surface area contributed by atoms with Crippen LogP contribution in [0.25, 0.3) is 0 Å². The number of hydrogen-bond donors (Lipinski definition) is 2. The summed E-state index contributed by atoms with van der Waals surface area (Å²) in [5, 5.41) is 7.93. The molecule has 4 aromatic rings. The molecule has 0 saturated heterocycles. The van der Waals surface area contributed by atoms with Gasteiger partial charge < -0.3 is 15.1 Å². The molecule has 152 valence electrons. The molecule has 0 fully saturated rings. The number of carbonyl (C=O) groups is 1. The highest BCUT2D eigenvalue weighted by atomic mass is 35.5. The second-order valence-electron chi connectivity index (χ2n) is 6.87. The Morgan fingerprint density at radius 2 is 1.90 bits per heavy atom. The lowest BCUT2D eigenvalue weighted by Gasteiger charge is -2.21. The highest BCUT2D eigenvalue weighted by Crippen LogP contribution is 2.38. The molecule has 3 heterocycles. The van der Waals surface area contributed by atoms with Crippen LogP contribution >= 0.6 is 22.9 Å². The molecule has 0 aliphatic heterocycles. The van der Waals surface area contributed by atoms with Crippen LogP contribution in [0, 0.1) is 13.8 Å². The molecule has 5 nitrogen and oxygen atoms in total. The topological polar surface area (TPSA) is 67.2 Å². The zero-order chi connectivity index (χ0) is 21.1. The minimum atomic E-state index is -0.286. The van der Waals surface area contributed by atoms with Gasteiger partial charge in [0.1, 0.15) is 10.8 Å². The molecule has 30 heavy (non-hydrogen) atoms. The molecule has 1 amide bonds. The molecule has 1 atom stereocenters. The molecule has 2 N–H and O–H groups in total. The minimum absolute atomic E-state index is 0.228. The largest absolute Gasteiger partial charge is 0.459 e. The summed E-state index contributed by atoms with van der Waals surface area (Å²) < 4.78 is 5.23. The number of hydrogen-bond acceptors (Lipinski definition) is 5. The van der Waals surface area contributed by atoms with Gasteiger partial charge in [-0.25, -0.2) is 4.98 Å². The van der Waals surface area contributed by atoms with Crippen LogP contribution in [-0.2, 0) is 0 Å². The molecule has 0 aliphatic carbocycles. The quantitative estimate of drug-likeness (QED) is 0.363. The maximum absolute atomic E-state index is 12.6. The van der Waals surface area contributed by atoms with Crippen molar-refractivity contribution < 1.29 is 9.21 Å². The third-order valence-electron chi connectivity index (χ3n) is 4.55. The number of aryl methyl sites for hydroxylation is 2. The molecule has 0 unspecified atom stereocenters. The van der Waals surface area contributed by atoms with Crippen LogP contribution in [0.3, 0.4) is 0 Å². The lowest BCUT2D eigenvalue weighted by Crippen LogP contribution is -2.17. The maximum Gasteiger partial charge on any atom is 0.291 e. The third-order valence-corrected chi connectivity index (χ3v) is 5.78. The van der Waals surface area contributed by atoms with Crippen LogP contribution in [0.4, 0.5) is 10.8 Å². The second-order valence-corrected chi connectivity index (χ2v) is 8.56. The van der Waals surface area contributed by atoms with E-state index in [0.29, 0.717) is 5.02 Å². The van der Waals surface area contributed by atoms with Gasteiger partial charge in [0.2, 0.25) is 0 Å². The van der Waals surface area contributed by atoms with E-state index in [1.54, 1.807) is 12.1 Å². The van der Waals surface area contributed by atoms with Gasteiger partial charge in [-0.05, 0) is 61.9 Å². The fourth-order valence-electron chi connectivity index (χ4n) is 3.19. The van der Waals surface area contributed by atoms with Crippen LogP contribution in [-0.4, -0.2) is 10.9 Å². The van der Waals surface area contributed by atoms with Gasteiger partial charge in [-0.2, -0.15) is 0 Å². The Bertz CT molecular complexity index is 1150. The Kier molecular flexibility index (Phi) is 5.88. The van der Waals surface area contributed by atoms with Gasteiger partial charge in [-0.1, -0.05) is 29.8 Å². The Morgan fingerprint density at radius 1 is 1.10 bits per heavy atom. The van der Waals surface area contributed by atoms with E-state index in [1.165, 1.54) is 17.6 Å². The number of nitrogens with zero attached hydrogens (tertiary/aromatic N) is 1. The van der Waals surface area contributed by atoms with Gasteiger partial charge in [-0.15, -0.1) is 11.3 Å². The Hall–Kier alpha value is -3.09. The fourth-order valence-corrected chi connectivity index (χ4v) is 4.26. The number of thiophene rings is 1. The van der Waals surface area contributed by atoms with Crippen LogP contribution in [0.15, 0.2) is 71.3 Å². The van der Waals surface area contributed by atoms with Crippen molar-refractivity contribution in [2.45, 2.75) is 19.9 Å².